The van der Waals surface area contributed by atoms with Crippen molar-refractivity contribution >= 4 is 5.91 Å². The van der Waals surface area contributed by atoms with E-state index in [1.54, 1.807) is 0 Å². The summed E-state index contributed by atoms with van der Waals surface area (Å²) >= 11 is 0. The molecule has 0 radical (unpaired) electrons. The molecule has 2 rings (SSSR count). The first-order valence-electron chi connectivity index (χ1n) is 8.25. The first-order chi connectivity index (χ1) is 9.69. The zero-order valence-corrected chi connectivity index (χ0v) is 12.8. The van der Waals surface area contributed by atoms with Crippen LogP contribution in [-0.2, 0) is 4.79 Å². The highest BCUT2D eigenvalue weighted by Crippen LogP contribution is 2.32. The Hall–Kier alpha value is -0.610. The predicted octanol–water partition coefficient (Wildman–Crippen LogP) is 1.82. The second-order valence-electron chi connectivity index (χ2n) is 6.71. The van der Waals surface area contributed by atoms with Crippen LogP contribution < -0.4 is 10.6 Å². The van der Waals surface area contributed by atoms with Crippen LogP contribution in [0.3, 0.4) is 0 Å². The number of aliphatic hydroxyl groups is 1. The van der Waals surface area contributed by atoms with Crippen molar-refractivity contribution in [1.82, 2.24) is 10.6 Å². The van der Waals surface area contributed by atoms with E-state index >= 15 is 0 Å². The normalized spacial score (nSPS) is 29.3. The third-order valence-electron chi connectivity index (χ3n) is 5.45. The Bertz CT molecular complexity index is 314. The van der Waals surface area contributed by atoms with Crippen LogP contribution >= 0.6 is 0 Å². The second-order valence-corrected chi connectivity index (χ2v) is 6.71. The van der Waals surface area contributed by atoms with Crippen molar-refractivity contribution in [2.75, 3.05) is 20.2 Å². The van der Waals surface area contributed by atoms with Crippen molar-refractivity contribution in [1.29, 1.82) is 0 Å². The maximum Gasteiger partial charge on any atom is 0.221 e. The van der Waals surface area contributed by atoms with Crippen LogP contribution in [0.1, 0.15) is 57.8 Å². The number of carbonyl (C=O) groups is 1. The third kappa shape index (κ3) is 3.95. The molecule has 3 N–H and O–H groups in total. The minimum atomic E-state index is 0.0222. The van der Waals surface area contributed by atoms with Gasteiger partial charge in [-0.1, -0.05) is 25.7 Å². The van der Waals surface area contributed by atoms with Gasteiger partial charge in [0.15, 0.2) is 0 Å². The average Bonchev–Trinajstić information content (AvgIpc) is 2.93. The highest BCUT2D eigenvalue weighted by Gasteiger charge is 2.33. The zero-order valence-electron chi connectivity index (χ0n) is 12.8. The zero-order chi connectivity index (χ0) is 14.4. The molecule has 0 aromatic carbocycles. The van der Waals surface area contributed by atoms with Gasteiger partial charge in [0.05, 0.1) is 0 Å². The van der Waals surface area contributed by atoms with Crippen molar-refractivity contribution < 1.29 is 9.90 Å². The molecule has 2 unspecified atom stereocenters. The Morgan fingerprint density at radius 3 is 2.50 bits per heavy atom. The molecule has 0 aliphatic heterocycles. The maximum absolute atomic E-state index is 12.2. The molecule has 116 valence electrons. The number of aliphatic hydroxyl groups excluding tert-OH is 1. The first kappa shape index (κ1) is 15.8. The Morgan fingerprint density at radius 2 is 1.85 bits per heavy atom. The van der Waals surface area contributed by atoms with Crippen molar-refractivity contribution in [2.24, 2.45) is 11.8 Å². The Kier molecular flexibility index (Phi) is 5.85. The molecule has 0 heterocycles. The number of hydrogen-bond donors (Lipinski definition) is 3. The minimum absolute atomic E-state index is 0.0222. The van der Waals surface area contributed by atoms with Crippen LogP contribution in [0.2, 0.25) is 0 Å². The Morgan fingerprint density at radius 1 is 1.15 bits per heavy atom. The molecule has 2 aliphatic rings. The van der Waals surface area contributed by atoms with Crippen molar-refractivity contribution in [3.8, 4) is 0 Å². The van der Waals surface area contributed by atoms with E-state index < -0.39 is 0 Å². The van der Waals surface area contributed by atoms with Crippen LogP contribution in [-0.4, -0.2) is 36.8 Å². The van der Waals surface area contributed by atoms with Gasteiger partial charge in [-0.2, -0.15) is 0 Å². The van der Waals surface area contributed by atoms with E-state index in [2.05, 4.69) is 10.6 Å². The maximum atomic E-state index is 12.2. The largest absolute Gasteiger partial charge is 0.396 e. The summed E-state index contributed by atoms with van der Waals surface area (Å²) in [5, 5.41) is 15.8. The van der Waals surface area contributed by atoms with Gasteiger partial charge in [-0.3, -0.25) is 4.79 Å². The van der Waals surface area contributed by atoms with E-state index in [4.69, 9.17) is 0 Å². The topological polar surface area (TPSA) is 61.4 Å². The molecular weight excluding hydrogens is 252 g/mol. The molecule has 0 aromatic rings. The van der Waals surface area contributed by atoms with Gasteiger partial charge < -0.3 is 15.7 Å². The summed E-state index contributed by atoms with van der Waals surface area (Å²) in [6, 6.07) is 0. The fourth-order valence-corrected chi connectivity index (χ4v) is 3.98. The molecule has 0 spiro atoms. The quantitative estimate of drug-likeness (QED) is 0.696. The predicted molar refractivity (Wildman–Crippen MR) is 80.4 cm³/mol. The molecule has 2 aliphatic carbocycles. The van der Waals surface area contributed by atoms with E-state index in [9.17, 15) is 9.90 Å². The molecular formula is C16H30N2O2. The van der Waals surface area contributed by atoms with E-state index in [1.165, 1.54) is 25.7 Å². The summed E-state index contributed by atoms with van der Waals surface area (Å²) in [7, 11) is 1.98. The molecule has 4 heteroatoms. The van der Waals surface area contributed by atoms with E-state index in [1.807, 2.05) is 7.05 Å². The lowest BCUT2D eigenvalue weighted by atomic mass is 9.79. The SMILES string of the molecule is CNC1(CC(=O)NCC2CCCC2CO)CCCCC1. The number of nitrogens with one attached hydrogen (secondary N) is 2. The van der Waals surface area contributed by atoms with Gasteiger partial charge in [-0.25, -0.2) is 0 Å². The van der Waals surface area contributed by atoms with E-state index in [0.29, 0.717) is 18.3 Å². The van der Waals surface area contributed by atoms with Gasteiger partial charge in [0.2, 0.25) is 5.91 Å². The van der Waals surface area contributed by atoms with E-state index in [-0.39, 0.29) is 18.1 Å². The molecule has 4 nitrogen and oxygen atoms in total. The second kappa shape index (κ2) is 7.41. The fourth-order valence-electron chi connectivity index (χ4n) is 3.98. The van der Waals surface area contributed by atoms with Crippen molar-refractivity contribution in [2.45, 2.75) is 63.3 Å². The van der Waals surface area contributed by atoms with Crippen LogP contribution in [0.15, 0.2) is 0 Å². The molecule has 0 saturated heterocycles. The minimum Gasteiger partial charge on any atom is -0.396 e. The first-order valence-corrected chi connectivity index (χ1v) is 8.25. The molecule has 2 atom stereocenters. The van der Waals surface area contributed by atoms with E-state index in [0.717, 1.165) is 32.2 Å². The van der Waals surface area contributed by atoms with Gasteiger partial charge in [-0.15, -0.1) is 0 Å². The number of carbonyl (C=O) groups excluding carboxylic acids is 1. The summed E-state index contributed by atoms with van der Waals surface area (Å²) in [6.45, 7) is 1.00. The highest BCUT2D eigenvalue weighted by molar-refractivity contribution is 5.77. The third-order valence-corrected chi connectivity index (χ3v) is 5.45. The van der Waals surface area contributed by atoms with Crippen LogP contribution in [0, 0.1) is 11.8 Å². The number of rotatable bonds is 6. The summed E-state index contributed by atoms with van der Waals surface area (Å²) < 4.78 is 0. The summed E-state index contributed by atoms with van der Waals surface area (Å²) in [4.78, 5) is 12.2. The van der Waals surface area contributed by atoms with Gasteiger partial charge in [0.1, 0.15) is 0 Å². The number of hydrogen-bond acceptors (Lipinski definition) is 3. The summed E-state index contributed by atoms with van der Waals surface area (Å²) in [5.74, 6) is 1.04. The van der Waals surface area contributed by atoms with Crippen LogP contribution in [0.4, 0.5) is 0 Å². The average molecular weight is 282 g/mol. The summed E-state index contributed by atoms with van der Waals surface area (Å²) in [5.41, 5.74) is 0.0222. The Balaban J connectivity index is 1.76. The van der Waals surface area contributed by atoms with Crippen molar-refractivity contribution in [3.63, 3.8) is 0 Å². The van der Waals surface area contributed by atoms with Gasteiger partial charge in [0, 0.05) is 25.1 Å². The molecule has 0 aromatic heterocycles. The van der Waals surface area contributed by atoms with Gasteiger partial charge in [0.25, 0.3) is 0 Å². The highest BCUT2D eigenvalue weighted by atomic mass is 16.3. The molecule has 1 amide bonds. The standard InChI is InChI=1S/C16H30N2O2/c1-17-16(8-3-2-4-9-16)10-15(20)18-11-13-6-5-7-14(13)12-19/h13-14,17,19H,2-12H2,1H3,(H,18,20). The lowest BCUT2D eigenvalue weighted by Gasteiger charge is -2.36. The van der Waals surface area contributed by atoms with Gasteiger partial charge in [-0.05, 0) is 44.6 Å². The Labute approximate surface area is 122 Å². The monoisotopic (exact) mass is 282 g/mol. The van der Waals surface area contributed by atoms with Crippen molar-refractivity contribution in [3.05, 3.63) is 0 Å². The molecule has 2 fully saturated rings. The van der Waals surface area contributed by atoms with Crippen LogP contribution in [0.5, 0.6) is 0 Å². The lowest BCUT2D eigenvalue weighted by molar-refractivity contribution is -0.123. The molecule has 20 heavy (non-hydrogen) atoms. The molecule has 0 bridgehead atoms. The fraction of sp³-hybridized carbons (Fsp3) is 0.938. The number of amides is 1. The van der Waals surface area contributed by atoms with Crippen LogP contribution in [0.25, 0.3) is 0 Å². The van der Waals surface area contributed by atoms with Gasteiger partial charge >= 0.3 is 0 Å². The molecule has 2 saturated carbocycles. The lowest BCUT2D eigenvalue weighted by Crippen LogP contribution is -2.48. The summed E-state index contributed by atoms with van der Waals surface area (Å²) in [6.07, 6.45) is 10.0. The smallest absolute Gasteiger partial charge is 0.221 e.